The first kappa shape index (κ1) is 18.5. The van der Waals surface area contributed by atoms with Crippen molar-refractivity contribution in [3.05, 3.63) is 47.9 Å². The van der Waals surface area contributed by atoms with E-state index in [4.69, 9.17) is 9.47 Å². The molecule has 4 rings (SSSR count). The summed E-state index contributed by atoms with van der Waals surface area (Å²) in [7, 11) is 5.20. The Kier molecular flexibility index (Phi) is 4.79. The van der Waals surface area contributed by atoms with Gasteiger partial charge in [0, 0.05) is 37.4 Å². The molecule has 3 heterocycles. The van der Waals surface area contributed by atoms with Crippen molar-refractivity contribution in [2.75, 3.05) is 20.8 Å². The molecule has 0 unspecified atom stereocenters. The van der Waals surface area contributed by atoms with Crippen LogP contribution in [-0.2, 0) is 13.6 Å². The van der Waals surface area contributed by atoms with Crippen molar-refractivity contribution in [1.29, 1.82) is 0 Å². The van der Waals surface area contributed by atoms with Gasteiger partial charge in [0.05, 0.1) is 25.8 Å². The number of benzene rings is 1. The van der Waals surface area contributed by atoms with Gasteiger partial charge in [-0.25, -0.2) is 0 Å². The molecule has 28 heavy (non-hydrogen) atoms. The molecule has 6 heteroatoms. The number of nitrogens with zero attached hydrogens (tertiary/aromatic N) is 3. The second kappa shape index (κ2) is 7.26. The van der Waals surface area contributed by atoms with Crippen LogP contribution in [0.5, 0.6) is 11.5 Å². The first-order valence-corrected chi connectivity index (χ1v) is 9.77. The van der Waals surface area contributed by atoms with Gasteiger partial charge in [0.1, 0.15) is 17.2 Å². The topological polar surface area (TPSA) is 48.6 Å². The van der Waals surface area contributed by atoms with E-state index in [9.17, 15) is 4.79 Å². The maximum Gasteiger partial charge on any atom is 0.271 e. The van der Waals surface area contributed by atoms with Gasteiger partial charge >= 0.3 is 0 Å². The smallest absolute Gasteiger partial charge is 0.271 e. The third kappa shape index (κ3) is 2.75. The number of hydrogen-bond acceptors (Lipinski definition) is 3. The molecule has 0 spiro atoms. The quantitative estimate of drug-likeness (QED) is 0.671. The molecule has 3 aromatic rings. The number of aryl methyl sites for hydroxylation is 1. The van der Waals surface area contributed by atoms with Crippen LogP contribution in [0.15, 0.2) is 36.5 Å². The van der Waals surface area contributed by atoms with Gasteiger partial charge < -0.3 is 23.5 Å². The van der Waals surface area contributed by atoms with Crippen molar-refractivity contribution in [2.24, 2.45) is 7.05 Å². The lowest BCUT2D eigenvalue weighted by Crippen LogP contribution is -2.42. The van der Waals surface area contributed by atoms with Gasteiger partial charge in [-0.05, 0) is 36.8 Å². The number of carbonyl (C=O) groups is 1. The SMILES string of the molecule is CCC[C@H]1c2cccn2CCN1C(=O)c1cc2c(OC)ccc(OC)c2n1C. The average Bonchev–Trinajstić information content (AvgIpc) is 3.32. The summed E-state index contributed by atoms with van der Waals surface area (Å²) < 4.78 is 15.2. The molecule has 148 valence electrons. The van der Waals surface area contributed by atoms with Gasteiger partial charge in [0.2, 0.25) is 0 Å². The minimum Gasteiger partial charge on any atom is -0.496 e. The number of hydrogen-bond donors (Lipinski definition) is 0. The molecule has 0 saturated heterocycles. The summed E-state index contributed by atoms with van der Waals surface area (Å²) in [6.45, 7) is 3.70. The van der Waals surface area contributed by atoms with E-state index in [-0.39, 0.29) is 11.9 Å². The molecule has 6 nitrogen and oxygen atoms in total. The molecule has 0 bridgehead atoms. The Morgan fingerprint density at radius 3 is 2.61 bits per heavy atom. The van der Waals surface area contributed by atoms with Crippen LogP contribution in [-0.4, -0.2) is 40.7 Å². The number of ether oxygens (including phenoxy) is 2. The van der Waals surface area contributed by atoms with Gasteiger partial charge in [0.25, 0.3) is 5.91 Å². The molecule has 0 fully saturated rings. The third-order valence-electron chi connectivity index (χ3n) is 5.76. The van der Waals surface area contributed by atoms with Crippen LogP contribution in [0.3, 0.4) is 0 Å². The summed E-state index contributed by atoms with van der Waals surface area (Å²) >= 11 is 0. The molecule has 1 aliphatic heterocycles. The van der Waals surface area contributed by atoms with Crippen LogP contribution < -0.4 is 9.47 Å². The Morgan fingerprint density at radius 1 is 1.14 bits per heavy atom. The van der Waals surface area contributed by atoms with Crippen molar-refractivity contribution >= 4 is 16.8 Å². The number of aromatic nitrogens is 2. The largest absolute Gasteiger partial charge is 0.496 e. The number of methoxy groups -OCH3 is 2. The maximum absolute atomic E-state index is 13.6. The summed E-state index contributed by atoms with van der Waals surface area (Å²) in [5, 5.41) is 0.889. The number of fused-ring (bicyclic) bond motifs is 2. The molecular formula is C22H27N3O3. The van der Waals surface area contributed by atoms with Crippen LogP contribution in [0.25, 0.3) is 10.9 Å². The van der Waals surface area contributed by atoms with E-state index < -0.39 is 0 Å². The molecule has 0 N–H and O–H groups in total. The van der Waals surface area contributed by atoms with Crippen molar-refractivity contribution in [1.82, 2.24) is 14.0 Å². The average molecular weight is 381 g/mol. The zero-order valence-corrected chi connectivity index (χ0v) is 16.9. The van der Waals surface area contributed by atoms with Gasteiger partial charge in [-0.2, -0.15) is 0 Å². The van der Waals surface area contributed by atoms with E-state index in [1.54, 1.807) is 14.2 Å². The van der Waals surface area contributed by atoms with Gasteiger partial charge in [-0.3, -0.25) is 4.79 Å². The van der Waals surface area contributed by atoms with E-state index in [0.717, 1.165) is 41.8 Å². The second-order valence-electron chi connectivity index (χ2n) is 7.25. The van der Waals surface area contributed by atoms with E-state index >= 15 is 0 Å². The standard InChI is InChI=1S/C22H27N3O3/c1-5-7-17-16-8-6-11-24(16)12-13-25(17)22(26)18-14-15-19(27-3)9-10-20(28-4)21(15)23(18)2/h6,8-11,14,17H,5,7,12-13H2,1-4H3/t17-/m0/s1. The monoisotopic (exact) mass is 381 g/mol. The van der Waals surface area contributed by atoms with Crippen LogP contribution in [0.1, 0.15) is 42.0 Å². The molecule has 0 saturated carbocycles. The predicted octanol–water partition coefficient (Wildman–Crippen LogP) is 3.99. The second-order valence-corrected chi connectivity index (χ2v) is 7.25. The lowest BCUT2D eigenvalue weighted by atomic mass is 10.0. The molecule has 0 aliphatic carbocycles. The van der Waals surface area contributed by atoms with Crippen LogP contribution in [0.2, 0.25) is 0 Å². The van der Waals surface area contributed by atoms with E-state index in [1.165, 1.54) is 5.69 Å². The summed E-state index contributed by atoms with van der Waals surface area (Å²) in [5.41, 5.74) is 2.74. The minimum atomic E-state index is 0.0497. The molecular weight excluding hydrogens is 354 g/mol. The van der Waals surface area contributed by atoms with Crippen molar-refractivity contribution < 1.29 is 14.3 Å². The fourth-order valence-corrected chi connectivity index (χ4v) is 4.39. The van der Waals surface area contributed by atoms with Crippen LogP contribution >= 0.6 is 0 Å². The van der Waals surface area contributed by atoms with E-state index in [0.29, 0.717) is 12.2 Å². The van der Waals surface area contributed by atoms with Gasteiger partial charge in [0.15, 0.2) is 0 Å². The molecule has 1 aromatic carbocycles. The zero-order valence-electron chi connectivity index (χ0n) is 16.9. The van der Waals surface area contributed by atoms with Gasteiger partial charge in [-0.15, -0.1) is 0 Å². The lowest BCUT2D eigenvalue weighted by molar-refractivity contribution is 0.0601. The first-order valence-electron chi connectivity index (χ1n) is 9.77. The fraction of sp³-hybridized carbons (Fsp3) is 0.409. The maximum atomic E-state index is 13.6. The number of rotatable bonds is 5. The Bertz CT molecular complexity index is 1020. The normalized spacial score (nSPS) is 16.3. The summed E-state index contributed by atoms with van der Waals surface area (Å²) in [4.78, 5) is 15.6. The number of amides is 1. The van der Waals surface area contributed by atoms with E-state index in [2.05, 4.69) is 29.8 Å². The Morgan fingerprint density at radius 2 is 1.89 bits per heavy atom. The van der Waals surface area contributed by atoms with Crippen molar-refractivity contribution in [2.45, 2.75) is 32.4 Å². The Balaban J connectivity index is 1.80. The zero-order chi connectivity index (χ0) is 19.8. The Labute approximate surface area is 165 Å². The Hall–Kier alpha value is -2.89. The molecule has 0 radical (unpaired) electrons. The third-order valence-corrected chi connectivity index (χ3v) is 5.76. The van der Waals surface area contributed by atoms with Gasteiger partial charge in [-0.1, -0.05) is 13.3 Å². The summed E-state index contributed by atoms with van der Waals surface area (Å²) in [6, 6.07) is 9.98. The fourth-order valence-electron chi connectivity index (χ4n) is 4.39. The molecule has 1 aliphatic rings. The van der Waals surface area contributed by atoms with Crippen molar-refractivity contribution in [3.8, 4) is 11.5 Å². The summed E-state index contributed by atoms with van der Waals surface area (Å²) in [5.74, 6) is 1.52. The number of carbonyl (C=O) groups excluding carboxylic acids is 1. The highest BCUT2D eigenvalue weighted by Gasteiger charge is 2.32. The summed E-state index contributed by atoms with van der Waals surface area (Å²) in [6.07, 6.45) is 4.08. The van der Waals surface area contributed by atoms with Crippen LogP contribution in [0.4, 0.5) is 0 Å². The van der Waals surface area contributed by atoms with E-state index in [1.807, 2.05) is 34.7 Å². The van der Waals surface area contributed by atoms with Crippen molar-refractivity contribution in [3.63, 3.8) is 0 Å². The van der Waals surface area contributed by atoms with Crippen LogP contribution in [0, 0.1) is 0 Å². The highest BCUT2D eigenvalue weighted by molar-refractivity contribution is 6.02. The highest BCUT2D eigenvalue weighted by atomic mass is 16.5. The molecule has 2 aromatic heterocycles. The first-order chi connectivity index (χ1) is 13.6. The minimum absolute atomic E-state index is 0.0497. The molecule has 1 atom stereocenters. The highest BCUT2D eigenvalue weighted by Crippen LogP contribution is 2.37. The predicted molar refractivity (Wildman–Crippen MR) is 109 cm³/mol. The lowest BCUT2D eigenvalue weighted by Gasteiger charge is -2.37. The molecule has 1 amide bonds.